The normalized spacial score (nSPS) is 13.6. The van der Waals surface area contributed by atoms with E-state index < -0.39 is 9.84 Å². The minimum atomic E-state index is -3.02. The minimum absolute atomic E-state index is 0.0380. The minimum Gasteiger partial charge on any atom is -0.271 e. The van der Waals surface area contributed by atoms with E-state index in [0.717, 1.165) is 0 Å². The summed E-state index contributed by atoms with van der Waals surface area (Å²) in [6.07, 6.45) is 1.91. The lowest BCUT2D eigenvalue weighted by atomic mass is 10.0. The molecule has 1 unspecified atom stereocenters. The first kappa shape index (κ1) is 14.1. The van der Waals surface area contributed by atoms with Crippen molar-refractivity contribution in [3.05, 3.63) is 35.6 Å². The topological polar surface area (TPSA) is 72.2 Å². The predicted octanol–water partition coefficient (Wildman–Crippen LogP) is 0.635. The molecule has 0 fully saturated rings. The third kappa shape index (κ3) is 5.25. The molecule has 3 N–H and O–H groups in total. The molecule has 0 saturated carbocycles. The average Bonchev–Trinajstić information content (AvgIpc) is 2.25. The Labute approximate surface area is 101 Å². The summed E-state index contributed by atoms with van der Waals surface area (Å²) in [5, 5.41) is 0. The molecule has 4 nitrogen and oxygen atoms in total. The number of rotatable bonds is 6. The van der Waals surface area contributed by atoms with E-state index in [-0.39, 0.29) is 17.6 Å². The van der Waals surface area contributed by atoms with E-state index in [1.807, 2.05) is 0 Å². The second-order valence-electron chi connectivity index (χ2n) is 4.08. The van der Waals surface area contributed by atoms with E-state index in [0.29, 0.717) is 18.4 Å². The number of hydrogen-bond donors (Lipinski definition) is 2. The van der Waals surface area contributed by atoms with Crippen LogP contribution in [0.5, 0.6) is 0 Å². The number of nitrogens with two attached hydrogens (primary N) is 1. The molecule has 0 amide bonds. The lowest BCUT2D eigenvalue weighted by molar-refractivity contribution is 0.494. The molecule has 0 aliphatic heterocycles. The van der Waals surface area contributed by atoms with Gasteiger partial charge in [0.1, 0.15) is 15.7 Å². The number of sulfone groups is 1. The van der Waals surface area contributed by atoms with Crippen LogP contribution in [-0.4, -0.2) is 26.5 Å². The van der Waals surface area contributed by atoms with Gasteiger partial charge in [-0.3, -0.25) is 11.3 Å². The summed E-state index contributed by atoms with van der Waals surface area (Å²) < 4.78 is 35.4. The Morgan fingerprint density at radius 1 is 1.41 bits per heavy atom. The SMILES string of the molecule is CS(=O)(=O)CCC(Cc1ccccc1F)NN. The van der Waals surface area contributed by atoms with E-state index in [4.69, 9.17) is 5.84 Å². The van der Waals surface area contributed by atoms with Gasteiger partial charge in [0.25, 0.3) is 0 Å². The summed E-state index contributed by atoms with van der Waals surface area (Å²) in [5.74, 6) is 5.07. The van der Waals surface area contributed by atoms with Crippen LogP contribution in [0.15, 0.2) is 24.3 Å². The molecule has 0 aromatic heterocycles. The fourth-order valence-electron chi connectivity index (χ4n) is 1.53. The van der Waals surface area contributed by atoms with E-state index >= 15 is 0 Å². The fourth-order valence-corrected chi connectivity index (χ4v) is 2.24. The lowest BCUT2D eigenvalue weighted by Gasteiger charge is -2.15. The summed E-state index contributed by atoms with van der Waals surface area (Å²) in [6.45, 7) is 0. The number of benzene rings is 1. The largest absolute Gasteiger partial charge is 0.271 e. The van der Waals surface area contributed by atoms with Crippen molar-refractivity contribution in [1.29, 1.82) is 0 Å². The first-order valence-electron chi connectivity index (χ1n) is 5.29. The molecular formula is C11H17FN2O2S. The highest BCUT2D eigenvalue weighted by Crippen LogP contribution is 2.10. The number of hydrogen-bond acceptors (Lipinski definition) is 4. The molecule has 1 aromatic carbocycles. The Hall–Kier alpha value is -0.980. The molecule has 1 atom stereocenters. The highest BCUT2D eigenvalue weighted by molar-refractivity contribution is 7.90. The molecule has 0 saturated heterocycles. The van der Waals surface area contributed by atoms with Gasteiger partial charge in [0.15, 0.2) is 0 Å². The summed E-state index contributed by atoms with van der Waals surface area (Å²) in [7, 11) is -3.02. The van der Waals surface area contributed by atoms with Crippen LogP contribution < -0.4 is 11.3 Å². The number of halogens is 1. The van der Waals surface area contributed by atoms with Crippen molar-refractivity contribution in [3.8, 4) is 0 Å². The maximum absolute atomic E-state index is 13.4. The molecular weight excluding hydrogens is 243 g/mol. The van der Waals surface area contributed by atoms with E-state index in [9.17, 15) is 12.8 Å². The van der Waals surface area contributed by atoms with Crippen LogP contribution in [0.4, 0.5) is 4.39 Å². The van der Waals surface area contributed by atoms with Gasteiger partial charge in [0.05, 0.1) is 5.75 Å². The van der Waals surface area contributed by atoms with Crippen molar-refractivity contribution in [2.75, 3.05) is 12.0 Å². The third-order valence-electron chi connectivity index (χ3n) is 2.50. The van der Waals surface area contributed by atoms with Crippen LogP contribution in [0.25, 0.3) is 0 Å². The van der Waals surface area contributed by atoms with Crippen molar-refractivity contribution in [2.45, 2.75) is 18.9 Å². The molecule has 0 bridgehead atoms. The van der Waals surface area contributed by atoms with Crippen LogP contribution in [0.2, 0.25) is 0 Å². The second-order valence-corrected chi connectivity index (χ2v) is 6.34. The van der Waals surface area contributed by atoms with Crippen LogP contribution in [0.3, 0.4) is 0 Å². The fraction of sp³-hybridized carbons (Fsp3) is 0.455. The van der Waals surface area contributed by atoms with Gasteiger partial charge in [-0.15, -0.1) is 0 Å². The number of hydrazine groups is 1. The Bertz CT molecular complexity index is 462. The second kappa shape index (κ2) is 6.09. The van der Waals surface area contributed by atoms with Gasteiger partial charge in [-0.05, 0) is 24.5 Å². The first-order valence-corrected chi connectivity index (χ1v) is 7.35. The van der Waals surface area contributed by atoms with Crippen LogP contribution >= 0.6 is 0 Å². The highest BCUT2D eigenvalue weighted by atomic mass is 32.2. The molecule has 96 valence electrons. The molecule has 0 aliphatic carbocycles. The summed E-state index contributed by atoms with van der Waals surface area (Å²) in [4.78, 5) is 0. The smallest absolute Gasteiger partial charge is 0.147 e. The standard InChI is InChI=1S/C11H17FN2O2S/c1-17(15,16)7-6-10(14-13)8-9-4-2-3-5-11(9)12/h2-5,10,14H,6-8,13H2,1H3. The molecule has 6 heteroatoms. The summed E-state index contributed by atoms with van der Waals surface area (Å²) in [5.41, 5.74) is 3.05. The molecule has 0 heterocycles. The highest BCUT2D eigenvalue weighted by Gasteiger charge is 2.13. The Morgan fingerprint density at radius 3 is 2.59 bits per heavy atom. The molecule has 0 radical (unpaired) electrons. The van der Waals surface area contributed by atoms with Gasteiger partial charge in [0, 0.05) is 12.3 Å². The van der Waals surface area contributed by atoms with Crippen molar-refractivity contribution >= 4 is 9.84 Å². The zero-order valence-corrected chi connectivity index (χ0v) is 10.5. The zero-order valence-electron chi connectivity index (χ0n) is 9.69. The van der Waals surface area contributed by atoms with E-state index in [1.54, 1.807) is 18.2 Å². The van der Waals surface area contributed by atoms with Gasteiger partial charge in [0.2, 0.25) is 0 Å². The molecule has 1 rings (SSSR count). The van der Waals surface area contributed by atoms with Crippen molar-refractivity contribution in [3.63, 3.8) is 0 Å². The summed E-state index contributed by atoms with van der Waals surface area (Å²) >= 11 is 0. The number of nitrogens with one attached hydrogen (secondary N) is 1. The van der Waals surface area contributed by atoms with Crippen molar-refractivity contribution in [1.82, 2.24) is 5.43 Å². The quantitative estimate of drug-likeness (QED) is 0.581. The van der Waals surface area contributed by atoms with Crippen molar-refractivity contribution in [2.24, 2.45) is 5.84 Å². The third-order valence-corrected chi connectivity index (χ3v) is 3.47. The first-order chi connectivity index (χ1) is 7.92. The maximum Gasteiger partial charge on any atom is 0.147 e. The van der Waals surface area contributed by atoms with E-state index in [1.165, 1.54) is 12.3 Å². The van der Waals surface area contributed by atoms with Gasteiger partial charge >= 0.3 is 0 Å². The molecule has 1 aromatic rings. The van der Waals surface area contributed by atoms with E-state index in [2.05, 4.69) is 5.43 Å². The van der Waals surface area contributed by atoms with Gasteiger partial charge < -0.3 is 0 Å². The molecule has 0 spiro atoms. The Kier molecular flexibility index (Phi) is 5.04. The van der Waals surface area contributed by atoms with Crippen LogP contribution in [0, 0.1) is 5.82 Å². The predicted molar refractivity (Wildman–Crippen MR) is 65.5 cm³/mol. The van der Waals surface area contributed by atoms with Crippen LogP contribution in [0.1, 0.15) is 12.0 Å². The summed E-state index contributed by atoms with van der Waals surface area (Å²) in [6, 6.07) is 6.14. The zero-order chi connectivity index (χ0) is 12.9. The maximum atomic E-state index is 13.4. The Morgan fingerprint density at radius 2 is 2.06 bits per heavy atom. The van der Waals surface area contributed by atoms with Gasteiger partial charge in [-0.2, -0.15) is 0 Å². The lowest BCUT2D eigenvalue weighted by Crippen LogP contribution is -2.38. The van der Waals surface area contributed by atoms with Crippen LogP contribution in [-0.2, 0) is 16.3 Å². The molecule has 0 aliphatic rings. The molecule has 17 heavy (non-hydrogen) atoms. The monoisotopic (exact) mass is 260 g/mol. The Balaban J connectivity index is 2.61. The average molecular weight is 260 g/mol. The van der Waals surface area contributed by atoms with Gasteiger partial charge in [-0.25, -0.2) is 12.8 Å². The van der Waals surface area contributed by atoms with Gasteiger partial charge in [-0.1, -0.05) is 18.2 Å². The van der Waals surface area contributed by atoms with Crippen molar-refractivity contribution < 1.29 is 12.8 Å².